The molecule has 1 atom stereocenters. The topological polar surface area (TPSA) is 28.7 Å². The van der Waals surface area contributed by atoms with Crippen LogP contribution in [0.3, 0.4) is 0 Å². The van der Waals surface area contributed by atoms with Gasteiger partial charge >= 0.3 is 0 Å². The number of rotatable bonds is 2. The van der Waals surface area contributed by atoms with Crippen molar-refractivity contribution in [3.05, 3.63) is 30.2 Å². The monoisotopic (exact) mass is 174 g/mol. The average molecular weight is 174 g/mol. The molecule has 1 unspecified atom stereocenters. The van der Waals surface area contributed by atoms with Crippen LogP contribution in [0.15, 0.2) is 24.5 Å². The second-order valence-electron chi connectivity index (χ2n) is 3.48. The Kier molecular flexibility index (Phi) is 2.05. The summed E-state index contributed by atoms with van der Waals surface area (Å²) in [6, 6.07) is 4.19. The molecular weight excluding hydrogens is 160 g/mol. The van der Waals surface area contributed by atoms with E-state index in [1.165, 1.54) is 16.6 Å². The number of H-pyrrole nitrogens is 1. The Hall–Kier alpha value is -1.31. The van der Waals surface area contributed by atoms with Crippen LogP contribution in [0, 0.1) is 0 Å². The maximum Gasteiger partial charge on any atom is 0.0487 e. The first-order valence-electron chi connectivity index (χ1n) is 4.74. The van der Waals surface area contributed by atoms with Gasteiger partial charge in [0.1, 0.15) is 0 Å². The summed E-state index contributed by atoms with van der Waals surface area (Å²) in [7, 11) is 0. The van der Waals surface area contributed by atoms with Gasteiger partial charge in [0.2, 0.25) is 0 Å². The van der Waals surface area contributed by atoms with Crippen LogP contribution in [-0.2, 0) is 0 Å². The van der Waals surface area contributed by atoms with E-state index < -0.39 is 0 Å². The van der Waals surface area contributed by atoms with Crippen molar-refractivity contribution >= 4 is 10.9 Å². The number of fused-ring (bicyclic) bond motifs is 1. The SMILES string of the molecule is CCC(C)c1cc2[nH]ccc2cn1. The highest BCUT2D eigenvalue weighted by molar-refractivity contribution is 5.78. The van der Waals surface area contributed by atoms with Gasteiger partial charge in [0, 0.05) is 29.0 Å². The quantitative estimate of drug-likeness (QED) is 0.744. The van der Waals surface area contributed by atoms with Gasteiger partial charge in [-0.2, -0.15) is 0 Å². The third-order valence-corrected chi connectivity index (χ3v) is 2.57. The van der Waals surface area contributed by atoms with Gasteiger partial charge in [-0.25, -0.2) is 0 Å². The van der Waals surface area contributed by atoms with Crippen molar-refractivity contribution in [2.75, 3.05) is 0 Å². The van der Waals surface area contributed by atoms with E-state index in [1.807, 2.05) is 18.5 Å². The molecule has 2 heteroatoms. The number of pyridine rings is 1. The Balaban J connectivity index is 2.48. The molecule has 0 aliphatic heterocycles. The molecule has 0 spiro atoms. The van der Waals surface area contributed by atoms with Crippen molar-refractivity contribution in [1.82, 2.24) is 9.97 Å². The van der Waals surface area contributed by atoms with Crippen LogP contribution in [-0.4, -0.2) is 9.97 Å². The number of aromatic amines is 1. The van der Waals surface area contributed by atoms with Crippen LogP contribution in [0.4, 0.5) is 0 Å². The van der Waals surface area contributed by atoms with Gasteiger partial charge in [0.05, 0.1) is 0 Å². The first-order valence-corrected chi connectivity index (χ1v) is 4.74. The van der Waals surface area contributed by atoms with Gasteiger partial charge in [0.25, 0.3) is 0 Å². The molecule has 0 saturated heterocycles. The molecule has 0 saturated carbocycles. The smallest absolute Gasteiger partial charge is 0.0487 e. The second kappa shape index (κ2) is 3.21. The maximum absolute atomic E-state index is 4.43. The van der Waals surface area contributed by atoms with E-state index in [4.69, 9.17) is 0 Å². The summed E-state index contributed by atoms with van der Waals surface area (Å²) in [5, 5.41) is 1.19. The highest BCUT2D eigenvalue weighted by Gasteiger charge is 2.05. The molecule has 0 bridgehead atoms. The fourth-order valence-electron chi connectivity index (χ4n) is 1.44. The Labute approximate surface area is 78.0 Å². The van der Waals surface area contributed by atoms with Crippen molar-refractivity contribution in [3.63, 3.8) is 0 Å². The summed E-state index contributed by atoms with van der Waals surface area (Å²) < 4.78 is 0. The van der Waals surface area contributed by atoms with Crippen molar-refractivity contribution in [1.29, 1.82) is 0 Å². The summed E-state index contributed by atoms with van der Waals surface area (Å²) in [5.74, 6) is 0.549. The van der Waals surface area contributed by atoms with Gasteiger partial charge in [-0.3, -0.25) is 4.98 Å². The summed E-state index contributed by atoms with van der Waals surface area (Å²) in [6.45, 7) is 4.39. The molecule has 0 aromatic carbocycles. The van der Waals surface area contributed by atoms with Crippen LogP contribution in [0.25, 0.3) is 10.9 Å². The number of nitrogens with one attached hydrogen (secondary N) is 1. The number of hydrogen-bond donors (Lipinski definition) is 1. The van der Waals surface area contributed by atoms with Crippen LogP contribution < -0.4 is 0 Å². The van der Waals surface area contributed by atoms with Crippen molar-refractivity contribution in [2.45, 2.75) is 26.2 Å². The van der Waals surface area contributed by atoms with Crippen molar-refractivity contribution in [2.24, 2.45) is 0 Å². The van der Waals surface area contributed by atoms with Crippen LogP contribution in [0.2, 0.25) is 0 Å². The number of nitrogens with zero attached hydrogens (tertiary/aromatic N) is 1. The standard InChI is InChI=1S/C11H14N2/c1-3-8(2)10-6-11-9(7-13-10)4-5-12-11/h4-8,12H,3H2,1-2H3. The second-order valence-corrected chi connectivity index (χ2v) is 3.48. The van der Waals surface area contributed by atoms with Gasteiger partial charge in [0.15, 0.2) is 0 Å². The Morgan fingerprint density at radius 1 is 1.54 bits per heavy atom. The van der Waals surface area contributed by atoms with Gasteiger partial charge in [-0.15, -0.1) is 0 Å². The lowest BCUT2D eigenvalue weighted by atomic mass is 10.0. The van der Waals surface area contributed by atoms with Crippen molar-refractivity contribution in [3.8, 4) is 0 Å². The molecule has 2 aromatic rings. The van der Waals surface area contributed by atoms with Gasteiger partial charge in [-0.05, 0) is 24.5 Å². The van der Waals surface area contributed by atoms with Crippen LogP contribution >= 0.6 is 0 Å². The zero-order chi connectivity index (χ0) is 9.26. The average Bonchev–Trinajstić information content (AvgIpc) is 2.63. The fraction of sp³-hybridized carbons (Fsp3) is 0.364. The normalized spacial score (nSPS) is 13.4. The molecule has 1 N–H and O–H groups in total. The molecule has 2 nitrogen and oxygen atoms in total. The lowest BCUT2D eigenvalue weighted by Crippen LogP contribution is -1.94. The van der Waals surface area contributed by atoms with Crippen LogP contribution in [0.1, 0.15) is 31.9 Å². The third kappa shape index (κ3) is 1.44. The molecule has 0 aliphatic carbocycles. The van der Waals surface area contributed by atoms with Gasteiger partial charge in [-0.1, -0.05) is 13.8 Å². The largest absolute Gasteiger partial charge is 0.361 e. The lowest BCUT2D eigenvalue weighted by molar-refractivity contribution is 0.710. The highest BCUT2D eigenvalue weighted by Crippen LogP contribution is 2.19. The molecule has 0 aliphatic rings. The van der Waals surface area contributed by atoms with E-state index in [0.29, 0.717) is 5.92 Å². The Morgan fingerprint density at radius 3 is 3.15 bits per heavy atom. The summed E-state index contributed by atoms with van der Waals surface area (Å²) in [4.78, 5) is 7.63. The van der Waals surface area contributed by atoms with E-state index in [-0.39, 0.29) is 0 Å². The first-order chi connectivity index (χ1) is 6.31. The Bertz CT molecular complexity index is 403. The molecular formula is C11H14N2. The van der Waals surface area contributed by atoms with E-state index in [9.17, 15) is 0 Å². The fourth-order valence-corrected chi connectivity index (χ4v) is 1.44. The molecule has 2 aromatic heterocycles. The predicted molar refractivity (Wildman–Crippen MR) is 54.8 cm³/mol. The molecule has 0 amide bonds. The third-order valence-electron chi connectivity index (χ3n) is 2.57. The summed E-state index contributed by atoms with van der Waals surface area (Å²) >= 11 is 0. The first kappa shape index (κ1) is 8.30. The van der Waals surface area contributed by atoms with Crippen molar-refractivity contribution < 1.29 is 0 Å². The number of hydrogen-bond acceptors (Lipinski definition) is 1. The lowest BCUT2D eigenvalue weighted by Gasteiger charge is -2.06. The molecule has 68 valence electrons. The zero-order valence-corrected chi connectivity index (χ0v) is 8.04. The highest BCUT2D eigenvalue weighted by atomic mass is 14.7. The molecule has 13 heavy (non-hydrogen) atoms. The maximum atomic E-state index is 4.43. The Morgan fingerprint density at radius 2 is 2.38 bits per heavy atom. The molecule has 2 rings (SSSR count). The van der Waals surface area contributed by atoms with Gasteiger partial charge < -0.3 is 4.98 Å². The van der Waals surface area contributed by atoms with E-state index in [0.717, 1.165) is 6.42 Å². The molecule has 0 fully saturated rings. The van der Waals surface area contributed by atoms with E-state index >= 15 is 0 Å². The molecule has 2 heterocycles. The van der Waals surface area contributed by atoms with E-state index in [2.05, 4.69) is 29.9 Å². The minimum atomic E-state index is 0.549. The summed E-state index contributed by atoms with van der Waals surface area (Å²) in [6.07, 6.45) is 5.03. The zero-order valence-electron chi connectivity index (χ0n) is 8.04. The van der Waals surface area contributed by atoms with Crippen LogP contribution in [0.5, 0.6) is 0 Å². The number of aromatic nitrogens is 2. The molecule has 0 radical (unpaired) electrons. The minimum Gasteiger partial charge on any atom is -0.361 e. The minimum absolute atomic E-state index is 0.549. The summed E-state index contributed by atoms with van der Waals surface area (Å²) in [5.41, 5.74) is 2.36. The van der Waals surface area contributed by atoms with E-state index in [1.54, 1.807) is 0 Å². The predicted octanol–water partition coefficient (Wildman–Crippen LogP) is 3.08.